The molecule has 0 saturated heterocycles. The minimum Gasteiger partial charge on any atom is -0.478 e. The Labute approximate surface area is 160 Å². The Balaban J connectivity index is 1.87. The van der Waals surface area contributed by atoms with Crippen LogP contribution in [0.3, 0.4) is 0 Å². The Bertz CT molecular complexity index is 844. The largest absolute Gasteiger partial charge is 0.478 e. The first kappa shape index (κ1) is 19.3. The monoisotopic (exact) mass is 367 g/mol. The molecule has 2 aromatic carbocycles. The summed E-state index contributed by atoms with van der Waals surface area (Å²) < 4.78 is 13.8. The molecule has 0 radical (unpaired) electrons. The van der Waals surface area contributed by atoms with Crippen LogP contribution in [-0.2, 0) is 0 Å². The predicted octanol–water partition coefficient (Wildman–Crippen LogP) is 5.05. The number of aromatic carboxylic acids is 1. The Hall–Kier alpha value is -2.46. The highest BCUT2D eigenvalue weighted by Gasteiger charge is 2.29. The maximum Gasteiger partial charge on any atom is 0.335 e. The van der Waals surface area contributed by atoms with Gasteiger partial charge in [-0.2, -0.15) is 0 Å². The molecular formula is C23H26FNO2. The van der Waals surface area contributed by atoms with Gasteiger partial charge in [-0.05, 0) is 80.6 Å². The molecule has 3 nitrogen and oxygen atoms in total. The molecule has 2 aromatic rings. The fourth-order valence-electron chi connectivity index (χ4n) is 4.07. The van der Waals surface area contributed by atoms with E-state index in [4.69, 9.17) is 0 Å². The summed E-state index contributed by atoms with van der Waals surface area (Å²) in [7, 11) is 4.15. The van der Waals surface area contributed by atoms with Crippen LogP contribution < -0.4 is 0 Å². The SMILES string of the molecule is CN(C)C[C@@H]1CCC(=Cc2cccc(C(=O)O)c2)C[C@H]1c1cccc(F)c1. The van der Waals surface area contributed by atoms with Crippen molar-refractivity contribution in [1.82, 2.24) is 4.90 Å². The van der Waals surface area contributed by atoms with Crippen LogP contribution in [-0.4, -0.2) is 36.6 Å². The van der Waals surface area contributed by atoms with Gasteiger partial charge in [0.1, 0.15) is 5.82 Å². The second-order valence-electron chi connectivity index (χ2n) is 7.66. The van der Waals surface area contributed by atoms with Crippen molar-refractivity contribution in [3.63, 3.8) is 0 Å². The highest BCUT2D eigenvalue weighted by atomic mass is 19.1. The van der Waals surface area contributed by atoms with Gasteiger partial charge in [-0.1, -0.05) is 35.9 Å². The molecule has 0 amide bonds. The average molecular weight is 367 g/mol. The number of benzene rings is 2. The van der Waals surface area contributed by atoms with Crippen LogP contribution in [0.15, 0.2) is 54.1 Å². The van der Waals surface area contributed by atoms with E-state index in [1.165, 1.54) is 11.6 Å². The molecule has 0 aliphatic heterocycles. The Morgan fingerprint density at radius 1 is 1.22 bits per heavy atom. The molecule has 1 N–H and O–H groups in total. The number of carboxylic acid groups (broad SMARTS) is 1. The number of carbonyl (C=O) groups is 1. The van der Waals surface area contributed by atoms with Crippen molar-refractivity contribution in [1.29, 1.82) is 0 Å². The van der Waals surface area contributed by atoms with Gasteiger partial charge in [-0.25, -0.2) is 9.18 Å². The number of halogens is 1. The van der Waals surface area contributed by atoms with Crippen molar-refractivity contribution in [3.8, 4) is 0 Å². The van der Waals surface area contributed by atoms with Crippen LogP contribution in [0.4, 0.5) is 4.39 Å². The molecule has 2 atom stereocenters. The molecule has 0 aromatic heterocycles. The van der Waals surface area contributed by atoms with Gasteiger partial charge in [-0.3, -0.25) is 0 Å². The standard InChI is InChI=1S/C23H26FNO2/c1-25(2)15-20-10-9-17(11-16-5-3-7-19(12-16)23(26)27)13-22(20)18-6-4-8-21(24)14-18/h3-8,11-12,14,20,22H,9-10,13,15H2,1-2H3,(H,26,27)/t20-,22-/m0/s1. The Morgan fingerprint density at radius 3 is 2.70 bits per heavy atom. The van der Waals surface area contributed by atoms with Gasteiger partial charge in [0, 0.05) is 6.54 Å². The van der Waals surface area contributed by atoms with E-state index in [9.17, 15) is 14.3 Å². The molecule has 0 unspecified atom stereocenters. The van der Waals surface area contributed by atoms with Gasteiger partial charge >= 0.3 is 5.97 Å². The van der Waals surface area contributed by atoms with Gasteiger partial charge in [0.05, 0.1) is 5.56 Å². The Kier molecular flexibility index (Phi) is 6.07. The minimum absolute atomic E-state index is 0.193. The summed E-state index contributed by atoms with van der Waals surface area (Å²) in [5.74, 6) is -0.362. The quantitative estimate of drug-likeness (QED) is 0.804. The van der Waals surface area contributed by atoms with Crippen LogP contribution in [0.1, 0.15) is 46.7 Å². The van der Waals surface area contributed by atoms with E-state index in [0.717, 1.165) is 36.9 Å². The van der Waals surface area contributed by atoms with E-state index in [1.807, 2.05) is 12.1 Å². The van der Waals surface area contributed by atoms with Crippen molar-refractivity contribution in [2.75, 3.05) is 20.6 Å². The third-order valence-electron chi connectivity index (χ3n) is 5.27. The molecule has 0 heterocycles. The lowest BCUT2D eigenvalue weighted by molar-refractivity contribution is 0.0697. The number of hydrogen-bond donors (Lipinski definition) is 1. The van der Waals surface area contributed by atoms with Gasteiger partial charge in [0.25, 0.3) is 0 Å². The van der Waals surface area contributed by atoms with E-state index in [-0.39, 0.29) is 11.7 Å². The highest BCUT2D eigenvalue weighted by molar-refractivity contribution is 5.88. The van der Waals surface area contributed by atoms with Gasteiger partial charge in [-0.15, -0.1) is 0 Å². The summed E-state index contributed by atoms with van der Waals surface area (Å²) >= 11 is 0. The second kappa shape index (κ2) is 8.49. The van der Waals surface area contributed by atoms with Crippen molar-refractivity contribution in [2.24, 2.45) is 5.92 Å². The molecule has 27 heavy (non-hydrogen) atoms. The predicted molar refractivity (Wildman–Crippen MR) is 106 cm³/mol. The average Bonchev–Trinajstić information content (AvgIpc) is 2.63. The number of nitrogens with zero attached hydrogens (tertiary/aromatic N) is 1. The summed E-state index contributed by atoms with van der Waals surface area (Å²) in [6.45, 7) is 0.975. The van der Waals surface area contributed by atoms with Crippen LogP contribution in [0.2, 0.25) is 0 Å². The molecule has 4 heteroatoms. The van der Waals surface area contributed by atoms with Crippen LogP contribution in [0, 0.1) is 11.7 Å². The third-order valence-corrected chi connectivity index (χ3v) is 5.27. The summed E-state index contributed by atoms with van der Waals surface area (Å²) in [4.78, 5) is 13.4. The highest BCUT2D eigenvalue weighted by Crippen LogP contribution is 2.41. The van der Waals surface area contributed by atoms with Crippen molar-refractivity contribution in [3.05, 3.63) is 76.6 Å². The zero-order valence-corrected chi connectivity index (χ0v) is 15.9. The number of carboxylic acids is 1. The first-order valence-corrected chi connectivity index (χ1v) is 9.35. The molecule has 1 aliphatic rings. The normalized spacial score (nSPS) is 21.6. The summed E-state index contributed by atoms with van der Waals surface area (Å²) in [6.07, 6.45) is 5.01. The molecule has 1 aliphatic carbocycles. The smallest absolute Gasteiger partial charge is 0.335 e. The summed E-state index contributed by atoms with van der Waals surface area (Å²) in [5, 5.41) is 9.19. The first-order valence-electron chi connectivity index (χ1n) is 9.35. The zero-order chi connectivity index (χ0) is 19.4. The van der Waals surface area contributed by atoms with E-state index < -0.39 is 5.97 Å². The molecule has 142 valence electrons. The van der Waals surface area contributed by atoms with Gasteiger partial charge < -0.3 is 10.0 Å². The number of hydrogen-bond acceptors (Lipinski definition) is 2. The van der Waals surface area contributed by atoms with Gasteiger partial charge in [0.15, 0.2) is 0 Å². The lowest BCUT2D eigenvalue weighted by Gasteiger charge is -2.35. The lowest BCUT2D eigenvalue weighted by Crippen LogP contribution is -2.29. The van der Waals surface area contributed by atoms with E-state index in [1.54, 1.807) is 30.3 Å². The molecule has 0 spiro atoms. The fourth-order valence-corrected chi connectivity index (χ4v) is 4.07. The maximum atomic E-state index is 13.8. The Morgan fingerprint density at radius 2 is 2.00 bits per heavy atom. The number of allylic oxidation sites excluding steroid dienone is 1. The van der Waals surface area contributed by atoms with Crippen LogP contribution >= 0.6 is 0 Å². The first-order chi connectivity index (χ1) is 12.9. The topological polar surface area (TPSA) is 40.5 Å². The molecule has 1 fully saturated rings. The van der Waals surface area contributed by atoms with Crippen molar-refractivity contribution >= 4 is 12.0 Å². The third kappa shape index (κ3) is 5.04. The maximum absolute atomic E-state index is 13.8. The van der Waals surface area contributed by atoms with Crippen molar-refractivity contribution < 1.29 is 14.3 Å². The van der Waals surface area contributed by atoms with Gasteiger partial charge in [0.2, 0.25) is 0 Å². The van der Waals surface area contributed by atoms with Crippen molar-refractivity contribution in [2.45, 2.75) is 25.2 Å². The van der Waals surface area contributed by atoms with E-state index in [0.29, 0.717) is 11.5 Å². The van der Waals surface area contributed by atoms with E-state index >= 15 is 0 Å². The lowest BCUT2D eigenvalue weighted by atomic mass is 9.73. The molecule has 1 saturated carbocycles. The van der Waals surface area contributed by atoms with E-state index in [2.05, 4.69) is 25.1 Å². The second-order valence-corrected chi connectivity index (χ2v) is 7.66. The molecule has 3 rings (SSSR count). The number of rotatable bonds is 5. The summed E-state index contributed by atoms with van der Waals surface area (Å²) in [5.41, 5.74) is 3.55. The summed E-state index contributed by atoms with van der Waals surface area (Å²) in [6, 6.07) is 14.0. The molecular weight excluding hydrogens is 341 g/mol. The van der Waals surface area contributed by atoms with Crippen LogP contribution in [0.25, 0.3) is 6.08 Å². The minimum atomic E-state index is -0.914. The fraction of sp³-hybridized carbons (Fsp3) is 0.348. The molecule has 0 bridgehead atoms. The van der Waals surface area contributed by atoms with Crippen LogP contribution in [0.5, 0.6) is 0 Å². The zero-order valence-electron chi connectivity index (χ0n) is 15.9.